The van der Waals surface area contributed by atoms with E-state index in [4.69, 9.17) is 15.3 Å². The molecule has 0 aliphatic carbocycles. The maximum Gasteiger partial charge on any atom is 0.337 e. The summed E-state index contributed by atoms with van der Waals surface area (Å²) >= 11 is 0. The molecule has 0 rings (SSSR count). The van der Waals surface area contributed by atoms with E-state index in [0.29, 0.717) is 0 Å². The summed E-state index contributed by atoms with van der Waals surface area (Å²) in [6.45, 7) is 1.28. The van der Waals surface area contributed by atoms with Crippen LogP contribution >= 0.6 is 0 Å². The fourth-order valence-corrected chi connectivity index (χ4v) is 1.34. The van der Waals surface area contributed by atoms with Gasteiger partial charge in [-0.3, -0.25) is 14.4 Å². The lowest BCUT2D eigenvalue weighted by Gasteiger charge is -2.26. The molecule has 0 aromatic carbocycles. The van der Waals surface area contributed by atoms with Crippen LogP contribution in [0.2, 0.25) is 0 Å². The fraction of sp³-hybridized carbons (Fsp3) is 0.556. The Labute approximate surface area is 95.5 Å². The number of carboxylic acid groups (broad SMARTS) is 3. The Morgan fingerprint density at radius 1 is 1.12 bits per heavy atom. The van der Waals surface area contributed by atoms with E-state index in [1.165, 1.54) is 6.92 Å². The van der Waals surface area contributed by atoms with Crippen LogP contribution in [0.5, 0.6) is 0 Å². The minimum absolute atomic E-state index is 0.327. The fourth-order valence-electron chi connectivity index (χ4n) is 1.34. The standard InChI is InChI=1S/C9H12O8/c1-2-4(10)6(7(13)14)9(17,8(15)16)3-5(11)12/h6,17H,2-3H2,1H3,(H,11,12)(H,13,14)(H,15,16). The van der Waals surface area contributed by atoms with E-state index in [-0.39, 0.29) is 6.42 Å². The molecule has 0 aromatic rings. The molecule has 2 unspecified atom stereocenters. The van der Waals surface area contributed by atoms with Gasteiger partial charge in [-0.25, -0.2) is 4.79 Å². The average Bonchev–Trinajstić information content (AvgIpc) is 2.15. The summed E-state index contributed by atoms with van der Waals surface area (Å²) < 4.78 is 0. The van der Waals surface area contributed by atoms with E-state index in [1.54, 1.807) is 0 Å². The smallest absolute Gasteiger partial charge is 0.337 e. The van der Waals surface area contributed by atoms with Gasteiger partial charge < -0.3 is 20.4 Å². The molecule has 8 heteroatoms. The van der Waals surface area contributed by atoms with E-state index >= 15 is 0 Å². The third-order valence-electron chi connectivity index (χ3n) is 2.19. The number of rotatable bonds is 7. The third kappa shape index (κ3) is 3.25. The molecular weight excluding hydrogens is 236 g/mol. The first-order chi connectivity index (χ1) is 7.66. The van der Waals surface area contributed by atoms with Crippen molar-refractivity contribution in [3.63, 3.8) is 0 Å². The normalized spacial score (nSPS) is 15.6. The van der Waals surface area contributed by atoms with E-state index in [1.807, 2.05) is 0 Å². The van der Waals surface area contributed by atoms with E-state index in [2.05, 4.69) is 0 Å². The number of carboxylic acids is 3. The highest BCUT2D eigenvalue weighted by Gasteiger charge is 2.53. The molecule has 2 atom stereocenters. The van der Waals surface area contributed by atoms with Crippen LogP contribution < -0.4 is 0 Å². The quantitative estimate of drug-likeness (QED) is 0.417. The van der Waals surface area contributed by atoms with Crippen LogP contribution in [0.3, 0.4) is 0 Å². The van der Waals surface area contributed by atoms with Crippen molar-refractivity contribution in [2.45, 2.75) is 25.4 Å². The first kappa shape index (κ1) is 15.0. The minimum atomic E-state index is -3.15. The number of carbonyl (C=O) groups is 4. The van der Waals surface area contributed by atoms with Crippen molar-refractivity contribution in [2.75, 3.05) is 0 Å². The molecule has 17 heavy (non-hydrogen) atoms. The van der Waals surface area contributed by atoms with Gasteiger partial charge >= 0.3 is 17.9 Å². The molecule has 0 radical (unpaired) electrons. The Balaban J connectivity index is 5.53. The van der Waals surface area contributed by atoms with Crippen LogP contribution in [-0.2, 0) is 19.2 Å². The second kappa shape index (κ2) is 5.39. The number of carbonyl (C=O) groups excluding carboxylic acids is 1. The Morgan fingerprint density at radius 2 is 1.59 bits per heavy atom. The molecule has 0 bridgehead atoms. The van der Waals surface area contributed by atoms with Crippen molar-refractivity contribution in [1.82, 2.24) is 0 Å². The first-order valence-corrected chi connectivity index (χ1v) is 4.59. The molecular formula is C9H12O8. The zero-order valence-corrected chi connectivity index (χ0v) is 8.91. The number of aliphatic hydroxyl groups is 1. The van der Waals surface area contributed by atoms with Gasteiger partial charge in [-0.1, -0.05) is 6.92 Å². The Hall–Kier alpha value is -1.96. The van der Waals surface area contributed by atoms with Crippen LogP contribution in [0, 0.1) is 5.92 Å². The van der Waals surface area contributed by atoms with Crippen LogP contribution in [-0.4, -0.2) is 49.7 Å². The lowest BCUT2D eigenvalue weighted by molar-refractivity contribution is -0.180. The lowest BCUT2D eigenvalue weighted by atomic mass is 9.81. The largest absolute Gasteiger partial charge is 0.481 e. The molecule has 0 aliphatic rings. The van der Waals surface area contributed by atoms with Crippen molar-refractivity contribution in [3.05, 3.63) is 0 Å². The van der Waals surface area contributed by atoms with Gasteiger partial charge in [0.25, 0.3) is 0 Å². The van der Waals surface area contributed by atoms with Crippen molar-refractivity contribution >= 4 is 23.7 Å². The maximum atomic E-state index is 11.3. The van der Waals surface area contributed by atoms with Gasteiger partial charge in [0.15, 0.2) is 11.5 Å². The molecule has 0 amide bonds. The average molecular weight is 248 g/mol. The van der Waals surface area contributed by atoms with E-state index in [0.717, 1.165) is 0 Å². The second-order valence-corrected chi connectivity index (χ2v) is 3.39. The zero-order valence-electron chi connectivity index (χ0n) is 8.91. The van der Waals surface area contributed by atoms with Crippen LogP contribution in [0.4, 0.5) is 0 Å². The van der Waals surface area contributed by atoms with Crippen LogP contribution in [0.25, 0.3) is 0 Å². The highest BCUT2D eigenvalue weighted by Crippen LogP contribution is 2.25. The SMILES string of the molecule is CCC(=O)C(C(=O)O)C(O)(CC(=O)O)C(=O)O. The molecule has 8 nitrogen and oxygen atoms in total. The molecule has 0 saturated heterocycles. The molecule has 0 heterocycles. The summed E-state index contributed by atoms with van der Waals surface area (Å²) in [5, 5.41) is 35.5. The predicted octanol–water partition coefficient (Wildman–Crippen LogP) is -1.04. The highest BCUT2D eigenvalue weighted by molar-refractivity contribution is 6.05. The molecule has 0 aliphatic heterocycles. The summed E-state index contributed by atoms with van der Waals surface area (Å²) in [6, 6.07) is 0. The van der Waals surface area contributed by atoms with Gasteiger partial charge in [0.1, 0.15) is 5.78 Å². The van der Waals surface area contributed by atoms with Crippen LogP contribution in [0.1, 0.15) is 19.8 Å². The Morgan fingerprint density at radius 3 is 1.82 bits per heavy atom. The number of Topliss-reactive ketones (excluding diaryl/α,β-unsaturated/α-hetero) is 1. The van der Waals surface area contributed by atoms with Crippen molar-refractivity contribution in [2.24, 2.45) is 5.92 Å². The summed E-state index contributed by atoms with van der Waals surface area (Å²) in [5.41, 5.74) is -3.15. The monoisotopic (exact) mass is 248 g/mol. The molecule has 0 saturated carbocycles. The summed E-state index contributed by atoms with van der Waals surface area (Å²) in [5.74, 6) is -9.01. The van der Waals surface area contributed by atoms with Crippen molar-refractivity contribution in [3.8, 4) is 0 Å². The molecule has 0 fully saturated rings. The third-order valence-corrected chi connectivity index (χ3v) is 2.19. The molecule has 96 valence electrons. The Kier molecular flexibility index (Phi) is 4.77. The number of aliphatic carboxylic acids is 3. The van der Waals surface area contributed by atoms with E-state index < -0.39 is 41.6 Å². The number of hydrogen-bond donors (Lipinski definition) is 4. The van der Waals surface area contributed by atoms with Gasteiger partial charge in [-0.15, -0.1) is 0 Å². The Bertz CT molecular complexity index is 360. The number of hydrogen-bond acceptors (Lipinski definition) is 5. The lowest BCUT2D eigenvalue weighted by Crippen LogP contribution is -2.53. The summed E-state index contributed by atoms with van der Waals surface area (Å²) in [6.07, 6.45) is -1.70. The predicted molar refractivity (Wildman–Crippen MR) is 51.3 cm³/mol. The topological polar surface area (TPSA) is 149 Å². The van der Waals surface area contributed by atoms with Gasteiger partial charge in [0, 0.05) is 6.42 Å². The van der Waals surface area contributed by atoms with Gasteiger partial charge in [0.2, 0.25) is 0 Å². The molecule has 0 spiro atoms. The van der Waals surface area contributed by atoms with Gasteiger partial charge in [0.05, 0.1) is 6.42 Å². The first-order valence-electron chi connectivity index (χ1n) is 4.59. The van der Waals surface area contributed by atoms with Crippen molar-refractivity contribution in [1.29, 1.82) is 0 Å². The van der Waals surface area contributed by atoms with Gasteiger partial charge in [-0.05, 0) is 0 Å². The van der Waals surface area contributed by atoms with Crippen LogP contribution in [0.15, 0.2) is 0 Å². The van der Waals surface area contributed by atoms with Crippen molar-refractivity contribution < 1.29 is 39.6 Å². The summed E-state index contributed by atoms with van der Waals surface area (Å²) in [4.78, 5) is 43.3. The summed E-state index contributed by atoms with van der Waals surface area (Å²) in [7, 11) is 0. The molecule has 0 aromatic heterocycles. The highest BCUT2D eigenvalue weighted by atomic mass is 16.4. The van der Waals surface area contributed by atoms with E-state index in [9.17, 15) is 24.3 Å². The number of ketones is 1. The second-order valence-electron chi connectivity index (χ2n) is 3.39. The zero-order chi connectivity index (χ0) is 13.8. The molecule has 4 N–H and O–H groups in total. The van der Waals surface area contributed by atoms with Gasteiger partial charge in [-0.2, -0.15) is 0 Å². The minimum Gasteiger partial charge on any atom is -0.481 e. The maximum absolute atomic E-state index is 11.3.